The molecule has 1 aromatic carbocycles. The molecule has 0 saturated carbocycles. The Bertz CT molecular complexity index is 456. The number of rotatable bonds is 4. The summed E-state index contributed by atoms with van der Waals surface area (Å²) in [4.78, 5) is 0. The monoisotopic (exact) mass is 315 g/mol. The van der Waals surface area contributed by atoms with Crippen LogP contribution in [0.25, 0.3) is 0 Å². The highest BCUT2D eigenvalue weighted by Gasteiger charge is 2.00. The van der Waals surface area contributed by atoms with Gasteiger partial charge in [0.2, 0.25) is 0 Å². The maximum atomic E-state index is 6.08. The number of hydrogen-bond donors (Lipinski definition) is 1. The van der Waals surface area contributed by atoms with Gasteiger partial charge in [0.1, 0.15) is 0 Å². The van der Waals surface area contributed by atoms with Crippen LogP contribution in [0.3, 0.4) is 0 Å². The van der Waals surface area contributed by atoms with Crippen LogP contribution in [0.2, 0.25) is 5.02 Å². The average molecular weight is 317 g/mol. The van der Waals surface area contributed by atoms with Gasteiger partial charge in [-0.25, -0.2) is 0 Å². The van der Waals surface area contributed by atoms with Crippen molar-refractivity contribution < 1.29 is 0 Å². The lowest BCUT2D eigenvalue weighted by molar-refractivity contribution is 1.03. The molecule has 0 unspecified atom stereocenters. The molecule has 1 nitrogen and oxygen atoms in total. The van der Waals surface area contributed by atoms with E-state index < -0.39 is 0 Å². The zero-order valence-electron chi connectivity index (χ0n) is 8.54. The van der Waals surface area contributed by atoms with E-state index in [0.29, 0.717) is 0 Å². The Morgan fingerprint density at radius 3 is 2.94 bits per heavy atom. The minimum Gasteiger partial charge on any atom is -0.383 e. The summed E-state index contributed by atoms with van der Waals surface area (Å²) in [6, 6.07) is 7.97. The van der Waals surface area contributed by atoms with E-state index in [1.807, 2.05) is 18.2 Å². The summed E-state index contributed by atoms with van der Waals surface area (Å²) in [6.45, 7) is 0.896. The molecule has 2 rings (SSSR count). The van der Waals surface area contributed by atoms with E-state index >= 15 is 0 Å². The minimum atomic E-state index is 0.758. The Kier molecular flexibility index (Phi) is 4.27. The molecule has 0 amide bonds. The molecule has 1 aromatic heterocycles. The molecular weight excluding hydrogens is 306 g/mol. The average Bonchev–Trinajstić information content (AvgIpc) is 2.76. The summed E-state index contributed by atoms with van der Waals surface area (Å²) < 4.78 is 1.04. The van der Waals surface area contributed by atoms with Crippen LogP contribution in [0.1, 0.15) is 5.56 Å². The maximum Gasteiger partial charge on any atom is 0.0638 e. The third-order valence-corrected chi connectivity index (χ3v) is 3.79. The van der Waals surface area contributed by atoms with Gasteiger partial charge >= 0.3 is 0 Å². The molecule has 0 spiro atoms. The predicted molar refractivity (Wildman–Crippen MR) is 75.7 cm³/mol. The van der Waals surface area contributed by atoms with Gasteiger partial charge < -0.3 is 5.32 Å². The third kappa shape index (κ3) is 3.24. The summed E-state index contributed by atoms with van der Waals surface area (Å²) in [5, 5.41) is 8.36. The Morgan fingerprint density at radius 2 is 2.19 bits per heavy atom. The number of halogens is 2. The van der Waals surface area contributed by atoms with Crippen molar-refractivity contribution in [3.63, 3.8) is 0 Å². The molecule has 1 N–H and O–H groups in total. The summed E-state index contributed by atoms with van der Waals surface area (Å²) in [7, 11) is 0. The number of hydrogen-bond acceptors (Lipinski definition) is 2. The minimum absolute atomic E-state index is 0.758. The van der Waals surface area contributed by atoms with Gasteiger partial charge in [-0.2, -0.15) is 11.3 Å². The summed E-state index contributed by atoms with van der Waals surface area (Å²) in [5.41, 5.74) is 2.34. The Morgan fingerprint density at radius 1 is 1.31 bits per heavy atom. The molecule has 4 heteroatoms. The highest BCUT2D eigenvalue weighted by atomic mass is 79.9. The number of nitrogens with one attached hydrogen (secondary N) is 1. The van der Waals surface area contributed by atoms with Gasteiger partial charge in [-0.3, -0.25) is 0 Å². The highest BCUT2D eigenvalue weighted by molar-refractivity contribution is 9.10. The highest BCUT2D eigenvalue weighted by Crippen LogP contribution is 2.25. The van der Waals surface area contributed by atoms with Crippen molar-refractivity contribution in [1.29, 1.82) is 0 Å². The zero-order valence-corrected chi connectivity index (χ0v) is 11.7. The second-order valence-electron chi connectivity index (χ2n) is 3.43. The molecule has 0 aliphatic heterocycles. The topological polar surface area (TPSA) is 12.0 Å². The molecule has 16 heavy (non-hydrogen) atoms. The first-order chi connectivity index (χ1) is 7.75. The fourth-order valence-electron chi connectivity index (χ4n) is 1.41. The van der Waals surface area contributed by atoms with Gasteiger partial charge in [0.15, 0.2) is 0 Å². The number of anilines is 1. The molecule has 0 saturated heterocycles. The lowest BCUT2D eigenvalue weighted by Gasteiger charge is -2.08. The van der Waals surface area contributed by atoms with E-state index in [1.54, 1.807) is 11.3 Å². The zero-order chi connectivity index (χ0) is 11.4. The van der Waals surface area contributed by atoms with Crippen LogP contribution in [0.5, 0.6) is 0 Å². The Hall–Kier alpha value is -0.510. The molecular formula is C12H11BrClNS. The quantitative estimate of drug-likeness (QED) is 0.853. The first kappa shape index (κ1) is 12.0. The van der Waals surface area contributed by atoms with E-state index in [-0.39, 0.29) is 0 Å². The van der Waals surface area contributed by atoms with Crippen LogP contribution < -0.4 is 5.32 Å². The van der Waals surface area contributed by atoms with Gasteiger partial charge in [-0.1, -0.05) is 27.5 Å². The van der Waals surface area contributed by atoms with Crippen LogP contribution in [0, 0.1) is 0 Å². The second-order valence-corrected chi connectivity index (χ2v) is 5.54. The Balaban J connectivity index is 1.92. The Labute approximate surface area is 113 Å². The van der Waals surface area contributed by atoms with Crippen molar-refractivity contribution in [1.82, 2.24) is 0 Å². The van der Waals surface area contributed by atoms with Crippen LogP contribution in [-0.4, -0.2) is 6.54 Å². The molecule has 0 bridgehead atoms. The van der Waals surface area contributed by atoms with Gasteiger partial charge in [-0.05, 0) is 47.0 Å². The maximum absolute atomic E-state index is 6.08. The molecule has 0 radical (unpaired) electrons. The largest absolute Gasteiger partial charge is 0.383 e. The SMILES string of the molecule is Clc1ccc(Br)cc1NCCc1ccsc1. The van der Waals surface area contributed by atoms with Crippen LogP contribution in [0.15, 0.2) is 39.5 Å². The van der Waals surface area contributed by atoms with Gasteiger partial charge in [-0.15, -0.1) is 0 Å². The molecule has 0 fully saturated rings. The van der Waals surface area contributed by atoms with Crippen molar-refractivity contribution in [2.45, 2.75) is 6.42 Å². The van der Waals surface area contributed by atoms with E-state index in [1.165, 1.54) is 5.56 Å². The summed E-state index contributed by atoms with van der Waals surface area (Å²) in [6.07, 6.45) is 1.02. The first-order valence-electron chi connectivity index (χ1n) is 4.96. The summed E-state index contributed by atoms with van der Waals surface area (Å²) >= 11 is 11.2. The lowest BCUT2D eigenvalue weighted by Crippen LogP contribution is -2.04. The number of thiophene rings is 1. The van der Waals surface area contributed by atoms with Gasteiger partial charge in [0.25, 0.3) is 0 Å². The molecule has 0 aliphatic carbocycles. The van der Waals surface area contributed by atoms with Crippen LogP contribution in [-0.2, 0) is 6.42 Å². The molecule has 1 heterocycles. The summed E-state index contributed by atoms with van der Waals surface area (Å²) in [5.74, 6) is 0. The fourth-order valence-corrected chi connectivity index (χ4v) is 2.66. The van der Waals surface area contributed by atoms with E-state index in [4.69, 9.17) is 11.6 Å². The van der Waals surface area contributed by atoms with E-state index in [9.17, 15) is 0 Å². The first-order valence-corrected chi connectivity index (χ1v) is 7.07. The number of benzene rings is 1. The van der Waals surface area contributed by atoms with Gasteiger partial charge in [0, 0.05) is 11.0 Å². The van der Waals surface area contributed by atoms with Crippen molar-refractivity contribution >= 4 is 44.6 Å². The van der Waals surface area contributed by atoms with Crippen molar-refractivity contribution in [2.75, 3.05) is 11.9 Å². The second kappa shape index (κ2) is 5.71. The molecule has 0 atom stereocenters. The van der Waals surface area contributed by atoms with Crippen LogP contribution in [0.4, 0.5) is 5.69 Å². The molecule has 84 valence electrons. The van der Waals surface area contributed by atoms with Crippen molar-refractivity contribution in [2.24, 2.45) is 0 Å². The fraction of sp³-hybridized carbons (Fsp3) is 0.167. The van der Waals surface area contributed by atoms with E-state index in [2.05, 4.69) is 38.1 Å². The smallest absolute Gasteiger partial charge is 0.0638 e. The standard InChI is InChI=1S/C12H11BrClNS/c13-10-1-2-11(14)12(7-10)15-5-3-9-4-6-16-8-9/h1-2,4,6-8,15H,3,5H2. The van der Waals surface area contributed by atoms with Crippen LogP contribution >= 0.6 is 38.9 Å². The van der Waals surface area contributed by atoms with Crippen molar-refractivity contribution in [3.05, 3.63) is 50.1 Å². The van der Waals surface area contributed by atoms with Gasteiger partial charge in [0.05, 0.1) is 10.7 Å². The van der Waals surface area contributed by atoms with E-state index in [0.717, 1.165) is 28.1 Å². The predicted octanol–water partition coefficient (Wildman–Crippen LogP) is 4.82. The third-order valence-electron chi connectivity index (χ3n) is 2.24. The molecule has 0 aliphatic rings. The molecule has 2 aromatic rings. The normalized spacial score (nSPS) is 10.4. The van der Waals surface area contributed by atoms with Crippen molar-refractivity contribution in [3.8, 4) is 0 Å². The lowest BCUT2D eigenvalue weighted by atomic mass is 10.2.